The lowest BCUT2D eigenvalue weighted by molar-refractivity contribution is 0.440. The predicted octanol–water partition coefficient (Wildman–Crippen LogP) is 1.53. The normalized spacial score (nSPS) is 14.8. The average molecular weight is 228 g/mol. The van der Waals surface area contributed by atoms with Crippen LogP contribution in [0.25, 0.3) is 0 Å². The van der Waals surface area contributed by atoms with Gasteiger partial charge in [0.15, 0.2) is 0 Å². The van der Waals surface area contributed by atoms with Gasteiger partial charge in [0.25, 0.3) is 0 Å². The summed E-state index contributed by atoms with van der Waals surface area (Å²) in [4.78, 5) is 0. The van der Waals surface area contributed by atoms with Crippen LogP contribution in [0.5, 0.6) is 0 Å². The maximum atomic E-state index is 11.6. The van der Waals surface area contributed by atoms with Crippen LogP contribution in [0.3, 0.4) is 0 Å². The molecule has 5 heteroatoms. The van der Waals surface area contributed by atoms with E-state index in [1.165, 1.54) is 4.31 Å². The van der Waals surface area contributed by atoms with Gasteiger partial charge >= 0.3 is 0 Å². The van der Waals surface area contributed by atoms with Gasteiger partial charge in [0.1, 0.15) is 0 Å². The Balaban J connectivity index is 4.38. The van der Waals surface area contributed by atoms with Crippen LogP contribution in [0.15, 0.2) is 0 Å². The predicted molar refractivity (Wildman–Crippen MR) is 56.6 cm³/mol. The van der Waals surface area contributed by atoms with Gasteiger partial charge in [-0.25, -0.2) is 12.7 Å². The van der Waals surface area contributed by atoms with E-state index in [1.54, 1.807) is 0 Å². The number of hydrogen-bond acceptors (Lipinski definition) is 2. The molecule has 0 aliphatic rings. The molecule has 80 valence electrons. The Kier molecular flexibility index (Phi) is 5.92. The second-order valence-electron chi connectivity index (χ2n) is 3.12. The van der Waals surface area contributed by atoms with Crippen LogP contribution in [0, 0.1) is 5.92 Å². The third-order valence-corrected chi connectivity index (χ3v) is 4.68. The average Bonchev–Trinajstić information content (AvgIpc) is 2.05. The Morgan fingerprint density at radius 1 is 1.31 bits per heavy atom. The monoisotopic (exact) mass is 227 g/mol. The molecule has 0 spiro atoms. The third kappa shape index (κ3) is 4.29. The SMILES string of the molecule is CCN(CC)S(=O)(=O)CC(C)CCl. The summed E-state index contributed by atoms with van der Waals surface area (Å²) < 4.78 is 24.7. The first-order valence-corrected chi connectivity index (χ1v) is 6.66. The van der Waals surface area contributed by atoms with E-state index in [1.807, 2.05) is 20.8 Å². The number of rotatable bonds is 6. The van der Waals surface area contributed by atoms with Crippen molar-refractivity contribution >= 4 is 21.6 Å². The first-order valence-electron chi connectivity index (χ1n) is 4.51. The van der Waals surface area contributed by atoms with Gasteiger partial charge in [0, 0.05) is 19.0 Å². The number of sulfonamides is 1. The molecule has 0 aromatic heterocycles. The highest BCUT2D eigenvalue weighted by molar-refractivity contribution is 7.89. The van der Waals surface area contributed by atoms with Crippen molar-refractivity contribution in [3.8, 4) is 0 Å². The van der Waals surface area contributed by atoms with E-state index in [0.29, 0.717) is 19.0 Å². The minimum Gasteiger partial charge on any atom is -0.212 e. The Hall–Kier alpha value is 0.200. The zero-order valence-corrected chi connectivity index (χ0v) is 10.0. The summed E-state index contributed by atoms with van der Waals surface area (Å²) in [5, 5.41) is 0. The summed E-state index contributed by atoms with van der Waals surface area (Å²) in [6, 6.07) is 0. The van der Waals surface area contributed by atoms with Crippen LogP contribution in [0.1, 0.15) is 20.8 Å². The zero-order chi connectivity index (χ0) is 10.5. The van der Waals surface area contributed by atoms with Crippen LogP contribution in [-0.4, -0.2) is 37.4 Å². The highest BCUT2D eigenvalue weighted by atomic mass is 35.5. The Morgan fingerprint density at radius 3 is 2.08 bits per heavy atom. The minimum absolute atomic E-state index is 0.0206. The Morgan fingerprint density at radius 2 is 1.77 bits per heavy atom. The molecule has 0 N–H and O–H groups in total. The molecule has 0 radical (unpaired) electrons. The molecule has 0 fully saturated rings. The first kappa shape index (κ1) is 13.2. The minimum atomic E-state index is -3.08. The zero-order valence-electron chi connectivity index (χ0n) is 8.46. The van der Waals surface area contributed by atoms with E-state index in [9.17, 15) is 8.42 Å². The van der Waals surface area contributed by atoms with E-state index in [0.717, 1.165) is 0 Å². The fourth-order valence-corrected chi connectivity index (χ4v) is 3.20. The van der Waals surface area contributed by atoms with Gasteiger partial charge in [-0.15, -0.1) is 11.6 Å². The molecule has 13 heavy (non-hydrogen) atoms. The van der Waals surface area contributed by atoms with E-state index in [4.69, 9.17) is 11.6 Å². The summed E-state index contributed by atoms with van der Waals surface area (Å²) in [6.45, 7) is 6.59. The van der Waals surface area contributed by atoms with Gasteiger partial charge in [-0.05, 0) is 5.92 Å². The van der Waals surface area contributed by atoms with Crippen LogP contribution < -0.4 is 0 Å². The van der Waals surface area contributed by atoms with Crippen molar-refractivity contribution in [3.05, 3.63) is 0 Å². The van der Waals surface area contributed by atoms with Crippen molar-refractivity contribution in [3.63, 3.8) is 0 Å². The standard InChI is InChI=1S/C8H18ClNO2S/c1-4-10(5-2)13(11,12)7-8(3)6-9/h8H,4-7H2,1-3H3. The largest absolute Gasteiger partial charge is 0.214 e. The highest BCUT2D eigenvalue weighted by Gasteiger charge is 2.21. The fourth-order valence-electron chi connectivity index (χ4n) is 1.13. The molecule has 0 rings (SSSR count). The highest BCUT2D eigenvalue weighted by Crippen LogP contribution is 2.08. The van der Waals surface area contributed by atoms with E-state index in [-0.39, 0.29) is 11.7 Å². The second-order valence-corrected chi connectivity index (χ2v) is 5.44. The van der Waals surface area contributed by atoms with Crippen molar-refractivity contribution in [2.45, 2.75) is 20.8 Å². The Labute approximate surface area is 86.1 Å². The number of hydrogen-bond donors (Lipinski definition) is 0. The maximum Gasteiger partial charge on any atom is 0.214 e. The summed E-state index contributed by atoms with van der Waals surface area (Å²) in [6.07, 6.45) is 0. The van der Waals surface area contributed by atoms with Gasteiger partial charge in [-0.2, -0.15) is 0 Å². The smallest absolute Gasteiger partial charge is 0.212 e. The molecule has 1 unspecified atom stereocenters. The number of alkyl halides is 1. The molecular formula is C8H18ClNO2S. The van der Waals surface area contributed by atoms with Crippen LogP contribution in [0.4, 0.5) is 0 Å². The van der Waals surface area contributed by atoms with Crippen molar-refractivity contribution in [2.75, 3.05) is 24.7 Å². The van der Waals surface area contributed by atoms with Gasteiger partial charge in [-0.3, -0.25) is 0 Å². The van der Waals surface area contributed by atoms with Gasteiger partial charge in [0.05, 0.1) is 5.75 Å². The summed E-state index contributed by atoms with van der Waals surface area (Å²) in [7, 11) is -3.08. The molecule has 0 bridgehead atoms. The molecule has 0 aliphatic heterocycles. The molecule has 0 saturated heterocycles. The number of halogens is 1. The van der Waals surface area contributed by atoms with Crippen molar-refractivity contribution in [1.82, 2.24) is 4.31 Å². The third-order valence-electron chi connectivity index (χ3n) is 1.86. The van der Waals surface area contributed by atoms with Crippen LogP contribution in [-0.2, 0) is 10.0 Å². The second kappa shape index (κ2) is 5.83. The topological polar surface area (TPSA) is 37.4 Å². The van der Waals surface area contributed by atoms with E-state index >= 15 is 0 Å². The molecule has 0 amide bonds. The van der Waals surface area contributed by atoms with Crippen LogP contribution in [0.2, 0.25) is 0 Å². The summed E-state index contributed by atoms with van der Waals surface area (Å²) in [5.74, 6) is 0.561. The molecule has 0 aromatic rings. The molecule has 0 saturated carbocycles. The molecule has 1 atom stereocenters. The molecule has 0 aromatic carbocycles. The molecular weight excluding hydrogens is 210 g/mol. The van der Waals surface area contributed by atoms with Crippen molar-refractivity contribution < 1.29 is 8.42 Å². The lowest BCUT2D eigenvalue weighted by Crippen LogP contribution is -2.34. The van der Waals surface area contributed by atoms with E-state index < -0.39 is 10.0 Å². The van der Waals surface area contributed by atoms with E-state index in [2.05, 4.69) is 0 Å². The van der Waals surface area contributed by atoms with Crippen LogP contribution >= 0.6 is 11.6 Å². The fraction of sp³-hybridized carbons (Fsp3) is 1.00. The van der Waals surface area contributed by atoms with Gasteiger partial charge < -0.3 is 0 Å². The lowest BCUT2D eigenvalue weighted by atomic mass is 10.3. The van der Waals surface area contributed by atoms with Crippen molar-refractivity contribution in [2.24, 2.45) is 5.92 Å². The molecule has 0 heterocycles. The lowest BCUT2D eigenvalue weighted by Gasteiger charge is -2.19. The summed E-state index contributed by atoms with van der Waals surface area (Å²) >= 11 is 5.57. The molecule has 0 aliphatic carbocycles. The summed E-state index contributed by atoms with van der Waals surface area (Å²) in [5.41, 5.74) is 0. The van der Waals surface area contributed by atoms with Gasteiger partial charge in [0.2, 0.25) is 10.0 Å². The Bertz CT molecular complexity index is 224. The maximum absolute atomic E-state index is 11.6. The van der Waals surface area contributed by atoms with Gasteiger partial charge in [-0.1, -0.05) is 20.8 Å². The quantitative estimate of drug-likeness (QED) is 0.646. The first-order chi connectivity index (χ1) is 5.97. The molecule has 3 nitrogen and oxygen atoms in total. The van der Waals surface area contributed by atoms with Crippen molar-refractivity contribution in [1.29, 1.82) is 0 Å². The number of nitrogens with zero attached hydrogens (tertiary/aromatic N) is 1.